The van der Waals surface area contributed by atoms with Crippen molar-refractivity contribution in [2.75, 3.05) is 0 Å². The Bertz CT molecular complexity index is 742. The Morgan fingerprint density at radius 3 is 1.79 bits per heavy atom. The van der Waals surface area contributed by atoms with Gasteiger partial charge in [0.2, 0.25) is 23.6 Å². The molecule has 0 heterocycles. The van der Waals surface area contributed by atoms with E-state index in [2.05, 4.69) is 16.0 Å². The zero-order valence-corrected chi connectivity index (χ0v) is 19.3. The fourth-order valence-corrected chi connectivity index (χ4v) is 2.72. The van der Waals surface area contributed by atoms with Gasteiger partial charge in [-0.05, 0) is 18.3 Å². The van der Waals surface area contributed by atoms with Gasteiger partial charge >= 0.3 is 11.9 Å². The summed E-state index contributed by atoms with van der Waals surface area (Å²) in [6, 6.07) is -5.22. The van der Waals surface area contributed by atoms with Crippen molar-refractivity contribution in [2.24, 2.45) is 23.3 Å². The van der Waals surface area contributed by atoms with Crippen molar-refractivity contribution >= 4 is 35.6 Å². The molecule has 0 aliphatic heterocycles. The highest BCUT2D eigenvalue weighted by molar-refractivity contribution is 5.95. The van der Waals surface area contributed by atoms with Crippen LogP contribution in [0.15, 0.2) is 0 Å². The molecule has 0 aliphatic rings. The SMILES string of the molecule is CCC(C)C(NC(=O)C(CCC(N)=O)NC(=O)C(CC(=O)O)NC(=O)C(N)C(C)C)C(=O)O. The van der Waals surface area contributed by atoms with Crippen LogP contribution in [0, 0.1) is 11.8 Å². The molecule has 0 aromatic carbocycles. The molecule has 13 nitrogen and oxygen atoms in total. The van der Waals surface area contributed by atoms with Crippen molar-refractivity contribution in [2.45, 2.75) is 77.5 Å². The van der Waals surface area contributed by atoms with E-state index in [1.807, 2.05) is 0 Å². The number of carboxylic acids is 2. The second kappa shape index (κ2) is 14.0. The maximum atomic E-state index is 12.7. The van der Waals surface area contributed by atoms with Crippen molar-refractivity contribution in [3.63, 3.8) is 0 Å². The molecule has 0 bridgehead atoms. The Morgan fingerprint density at radius 1 is 0.848 bits per heavy atom. The standard InChI is InChI=1S/C20H35N5O8/c1-5-10(4)16(20(32)33)25-17(29)11(6-7-13(21)26)23-18(30)12(8-14(27)28)24-19(31)15(22)9(2)3/h9-12,15-16H,5-8,22H2,1-4H3,(H2,21,26)(H,23,30)(H,24,31)(H,25,29)(H,27,28)(H,32,33). The first-order chi connectivity index (χ1) is 15.2. The first kappa shape index (κ1) is 29.8. The zero-order chi connectivity index (χ0) is 25.9. The maximum absolute atomic E-state index is 12.7. The number of carboxylic acid groups (broad SMARTS) is 2. The quantitative estimate of drug-likeness (QED) is 0.143. The summed E-state index contributed by atoms with van der Waals surface area (Å²) in [6.45, 7) is 6.68. The van der Waals surface area contributed by atoms with Crippen LogP contribution >= 0.6 is 0 Å². The smallest absolute Gasteiger partial charge is 0.326 e. The molecule has 0 aliphatic carbocycles. The highest BCUT2D eigenvalue weighted by atomic mass is 16.4. The molecule has 0 radical (unpaired) electrons. The van der Waals surface area contributed by atoms with Crippen LogP contribution in [0.5, 0.6) is 0 Å². The van der Waals surface area contributed by atoms with Gasteiger partial charge in [-0.3, -0.25) is 24.0 Å². The number of aliphatic carboxylic acids is 2. The number of carbonyl (C=O) groups excluding carboxylic acids is 4. The van der Waals surface area contributed by atoms with Crippen LogP contribution in [0.25, 0.3) is 0 Å². The van der Waals surface area contributed by atoms with E-state index in [1.54, 1.807) is 27.7 Å². The number of nitrogens with one attached hydrogen (secondary N) is 3. The Balaban J connectivity index is 5.66. The Kier molecular flexibility index (Phi) is 12.7. The lowest BCUT2D eigenvalue weighted by molar-refractivity contribution is -0.144. The molecule has 5 unspecified atom stereocenters. The van der Waals surface area contributed by atoms with Gasteiger partial charge in [-0.1, -0.05) is 34.1 Å². The average Bonchev–Trinajstić information content (AvgIpc) is 2.71. The van der Waals surface area contributed by atoms with Crippen LogP contribution in [0.2, 0.25) is 0 Å². The third-order valence-electron chi connectivity index (χ3n) is 5.12. The molecule has 0 fully saturated rings. The summed E-state index contributed by atoms with van der Waals surface area (Å²) >= 11 is 0. The predicted octanol–water partition coefficient (Wildman–Crippen LogP) is -1.70. The predicted molar refractivity (Wildman–Crippen MR) is 116 cm³/mol. The fourth-order valence-electron chi connectivity index (χ4n) is 2.72. The van der Waals surface area contributed by atoms with E-state index in [-0.39, 0.29) is 18.8 Å². The van der Waals surface area contributed by atoms with Crippen LogP contribution < -0.4 is 27.4 Å². The van der Waals surface area contributed by atoms with E-state index in [0.29, 0.717) is 6.42 Å². The van der Waals surface area contributed by atoms with Crippen LogP contribution in [0.1, 0.15) is 53.4 Å². The molecule has 0 saturated carbocycles. The van der Waals surface area contributed by atoms with Gasteiger partial charge in [0.15, 0.2) is 0 Å². The van der Waals surface area contributed by atoms with Crippen molar-refractivity contribution in [1.82, 2.24) is 16.0 Å². The molecular weight excluding hydrogens is 438 g/mol. The maximum Gasteiger partial charge on any atom is 0.326 e. The fraction of sp³-hybridized carbons (Fsp3) is 0.700. The van der Waals surface area contributed by atoms with E-state index < -0.39 is 72.1 Å². The second-order valence-electron chi connectivity index (χ2n) is 8.21. The Labute approximate surface area is 192 Å². The van der Waals surface area contributed by atoms with Crippen molar-refractivity contribution in [1.29, 1.82) is 0 Å². The zero-order valence-electron chi connectivity index (χ0n) is 19.3. The van der Waals surface area contributed by atoms with Crippen LogP contribution in [0.4, 0.5) is 0 Å². The monoisotopic (exact) mass is 473 g/mol. The van der Waals surface area contributed by atoms with Crippen LogP contribution in [-0.4, -0.2) is 69.9 Å². The summed E-state index contributed by atoms with van der Waals surface area (Å²) in [6.07, 6.45) is -0.928. The van der Waals surface area contributed by atoms with Crippen molar-refractivity contribution < 1.29 is 39.0 Å². The molecular formula is C20H35N5O8. The third kappa shape index (κ3) is 10.8. The first-order valence-corrected chi connectivity index (χ1v) is 10.6. The van der Waals surface area contributed by atoms with Gasteiger partial charge in [0.1, 0.15) is 18.1 Å². The van der Waals surface area contributed by atoms with Gasteiger partial charge in [0.05, 0.1) is 12.5 Å². The molecule has 5 atom stereocenters. The van der Waals surface area contributed by atoms with Gasteiger partial charge in [-0.2, -0.15) is 0 Å². The number of nitrogens with two attached hydrogens (primary N) is 2. The van der Waals surface area contributed by atoms with Gasteiger partial charge in [-0.25, -0.2) is 4.79 Å². The summed E-state index contributed by atoms with van der Waals surface area (Å²) in [4.78, 5) is 71.6. The molecule has 33 heavy (non-hydrogen) atoms. The molecule has 13 heteroatoms. The summed E-state index contributed by atoms with van der Waals surface area (Å²) in [5.41, 5.74) is 10.9. The van der Waals surface area contributed by atoms with Crippen LogP contribution in [0.3, 0.4) is 0 Å². The molecule has 188 valence electrons. The average molecular weight is 474 g/mol. The van der Waals surface area contributed by atoms with Gasteiger partial charge < -0.3 is 37.6 Å². The third-order valence-corrected chi connectivity index (χ3v) is 5.12. The highest BCUT2D eigenvalue weighted by Crippen LogP contribution is 2.10. The first-order valence-electron chi connectivity index (χ1n) is 10.6. The molecule has 0 saturated heterocycles. The van der Waals surface area contributed by atoms with Gasteiger partial charge in [0.25, 0.3) is 0 Å². The Hall–Kier alpha value is -3.22. The normalized spacial score (nSPS) is 15.5. The number of hydrogen-bond donors (Lipinski definition) is 7. The number of primary amides is 1. The minimum absolute atomic E-state index is 0.265. The largest absolute Gasteiger partial charge is 0.481 e. The molecule has 4 amide bonds. The molecule has 9 N–H and O–H groups in total. The minimum atomic E-state index is -1.56. The van der Waals surface area contributed by atoms with E-state index >= 15 is 0 Å². The van der Waals surface area contributed by atoms with E-state index in [0.717, 1.165) is 0 Å². The lowest BCUT2D eigenvalue weighted by atomic mass is 9.98. The minimum Gasteiger partial charge on any atom is -0.481 e. The lowest BCUT2D eigenvalue weighted by Gasteiger charge is -2.26. The molecule has 0 aromatic rings. The molecule has 0 spiro atoms. The van der Waals surface area contributed by atoms with Crippen molar-refractivity contribution in [3.8, 4) is 0 Å². The summed E-state index contributed by atoms with van der Waals surface area (Å²) < 4.78 is 0. The number of hydrogen-bond acceptors (Lipinski definition) is 7. The lowest BCUT2D eigenvalue weighted by Crippen LogP contribution is -2.58. The number of carbonyl (C=O) groups is 6. The van der Waals surface area contributed by atoms with E-state index in [1.165, 1.54) is 0 Å². The second-order valence-corrected chi connectivity index (χ2v) is 8.21. The topological polar surface area (TPSA) is 231 Å². The summed E-state index contributed by atoms with van der Waals surface area (Å²) in [5.74, 6) is -6.83. The summed E-state index contributed by atoms with van der Waals surface area (Å²) in [7, 11) is 0. The molecule has 0 rings (SSSR count). The van der Waals surface area contributed by atoms with E-state index in [4.69, 9.17) is 16.6 Å². The number of rotatable bonds is 15. The highest BCUT2D eigenvalue weighted by Gasteiger charge is 2.33. The number of amides is 4. The van der Waals surface area contributed by atoms with Crippen LogP contribution in [-0.2, 0) is 28.8 Å². The van der Waals surface area contributed by atoms with E-state index in [9.17, 15) is 33.9 Å². The van der Waals surface area contributed by atoms with Gasteiger partial charge in [-0.15, -0.1) is 0 Å². The summed E-state index contributed by atoms with van der Waals surface area (Å²) in [5, 5.41) is 25.4. The van der Waals surface area contributed by atoms with Crippen molar-refractivity contribution in [3.05, 3.63) is 0 Å². The Morgan fingerprint density at radius 2 is 1.36 bits per heavy atom. The molecule has 0 aromatic heterocycles. The van der Waals surface area contributed by atoms with Gasteiger partial charge in [0, 0.05) is 6.42 Å².